The van der Waals surface area contributed by atoms with E-state index in [1.54, 1.807) is 0 Å². The van der Waals surface area contributed by atoms with Crippen LogP contribution in [0, 0.1) is 5.92 Å². The van der Waals surface area contributed by atoms with Gasteiger partial charge in [0.25, 0.3) is 0 Å². The van der Waals surface area contributed by atoms with Gasteiger partial charge in [-0.1, -0.05) is 0 Å². The molecule has 3 N–H and O–H groups in total. The van der Waals surface area contributed by atoms with Gasteiger partial charge < -0.3 is 15.7 Å². The van der Waals surface area contributed by atoms with E-state index in [1.807, 2.05) is 0 Å². The number of hydrogen-bond donors (Lipinski definition) is 3. The zero-order chi connectivity index (χ0) is 15.5. The molecular weight excluding hydrogens is 292 g/mol. The van der Waals surface area contributed by atoms with Crippen LogP contribution in [-0.4, -0.2) is 38.8 Å². The lowest BCUT2D eigenvalue weighted by molar-refractivity contribution is -0.117. The number of aromatic hydroxyl groups is 1. The molecule has 1 heterocycles. The average molecular weight is 312 g/mol. The molecule has 1 unspecified atom stereocenters. The third-order valence-electron chi connectivity index (χ3n) is 3.54. The van der Waals surface area contributed by atoms with Crippen molar-refractivity contribution in [2.24, 2.45) is 5.92 Å². The minimum atomic E-state index is -3.38. The number of nitrogens with one attached hydrogen (secondary N) is 2. The number of hydrogen-bond acceptors (Lipinski definition) is 5. The molecule has 1 aliphatic heterocycles. The minimum Gasteiger partial charge on any atom is -0.506 e. The molecule has 1 aliphatic rings. The van der Waals surface area contributed by atoms with Gasteiger partial charge in [-0.2, -0.15) is 0 Å². The van der Waals surface area contributed by atoms with Crippen LogP contribution in [0.5, 0.6) is 5.75 Å². The number of amides is 1. The zero-order valence-electron chi connectivity index (χ0n) is 11.9. The standard InChI is InChI=1S/C14H20N2O4S/c1-21(19,20)11-4-5-13(17)12(8-11)16-14(18)7-10-3-2-6-15-9-10/h4-5,8,10,15,17H,2-3,6-7,9H2,1H3,(H,16,18). The average Bonchev–Trinajstić information content (AvgIpc) is 2.41. The second kappa shape index (κ2) is 6.44. The highest BCUT2D eigenvalue weighted by atomic mass is 32.2. The maximum Gasteiger partial charge on any atom is 0.224 e. The summed E-state index contributed by atoms with van der Waals surface area (Å²) < 4.78 is 23.0. The Bertz CT molecular complexity index is 622. The van der Waals surface area contributed by atoms with Crippen LogP contribution in [0.25, 0.3) is 0 Å². The number of phenols is 1. The Kier molecular flexibility index (Phi) is 4.84. The highest BCUT2D eigenvalue weighted by Gasteiger charge is 2.18. The summed E-state index contributed by atoms with van der Waals surface area (Å²) in [7, 11) is -3.38. The maximum absolute atomic E-state index is 12.0. The van der Waals surface area contributed by atoms with Gasteiger partial charge in [0.05, 0.1) is 10.6 Å². The monoisotopic (exact) mass is 312 g/mol. The predicted octanol–water partition coefficient (Wildman–Crippen LogP) is 1.12. The van der Waals surface area contributed by atoms with E-state index in [-0.39, 0.29) is 28.2 Å². The van der Waals surface area contributed by atoms with Crippen molar-refractivity contribution in [3.05, 3.63) is 18.2 Å². The molecule has 116 valence electrons. The van der Waals surface area contributed by atoms with Crippen LogP contribution in [-0.2, 0) is 14.6 Å². The molecule has 0 aliphatic carbocycles. The first-order chi connectivity index (χ1) is 9.86. The lowest BCUT2D eigenvalue weighted by Gasteiger charge is -2.22. The van der Waals surface area contributed by atoms with Gasteiger partial charge in [0.1, 0.15) is 5.75 Å². The Morgan fingerprint density at radius 1 is 1.48 bits per heavy atom. The first-order valence-corrected chi connectivity index (χ1v) is 8.79. The van der Waals surface area contributed by atoms with Crippen molar-refractivity contribution in [3.63, 3.8) is 0 Å². The maximum atomic E-state index is 12.0. The van der Waals surface area contributed by atoms with Gasteiger partial charge in [-0.15, -0.1) is 0 Å². The molecule has 0 radical (unpaired) electrons. The van der Waals surface area contributed by atoms with E-state index in [0.717, 1.165) is 32.2 Å². The molecule has 1 saturated heterocycles. The van der Waals surface area contributed by atoms with E-state index in [1.165, 1.54) is 18.2 Å². The first kappa shape index (κ1) is 15.8. The fraction of sp³-hybridized carbons (Fsp3) is 0.500. The van der Waals surface area contributed by atoms with Gasteiger partial charge >= 0.3 is 0 Å². The number of benzene rings is 1. The molecule has 0 aromatic heterocycles. The molecule has 1 amide bonds. The summed E-state index contributed by atoms with van der Waals surface area (Å²) in [4.78, 5) is 12.1. The number of anilines is 1. The SMILES string of the molecule is CS(=O)(=O)c1ccc(O)c(NC(=O)CC2CCCNC2)c1. The van der Waals surface area contributed by atoms with Crippen LogP contribution in [0.3, 0.4) is 0 Å². The minimum absolute atomic E-state index is 0.0648. The van der Waals surface area contributed by atoms with E-state index >= 15 is 0 Å². The number of rotatable bonds is 4. The first-order valence-electron chi connectivity index (χ1n) is 6.90. The van der Waals surface area contributed by atoms with E-state index in [9.17, 15) is 18.3 Å². The molecule has 7 heteroatoms. The van der Waals surface area contributed by atoms with Crippen LogP contribution in [0.1, 0.15) is 19.3 Å². The van der Waals surface area contributed by atoms with E-state index in [0.29, 0.717) is 6.42 Å². The molecule has 6 nitrogen and oxygen atoms in total. The third kappa shape index (κ3) is 4.44. The van der Waals surface area contributed by atoms with Crippen molar-refractivity contribution >= 4 is 21.4 Å². The Hall–Kier alpha value is -1.60. The van der Waals surface area contributed by atoms with Crippen LogP contribution in [0.15, 0.2) is 23.1 Å². The highest BCUT2D eigenvalue weighted by Crippen LogP contribution is 2.27. The lowest BCUT2D eigenvalue weighted by atomic mass is 9.96. The molecule has 0 spiro atoms. The van der Waals surface area contributed by atoms with E-state index in [2.05, 4.69) is 10.6 Å². The van der Waals surface area contributed by atoms with Crippen LogP contribution in [0.2, 0.25) is 0 Å². The van der Waals surface area contributed by atoms with Gasteiger partial charge in [0.2, 0.25) is 5.91 Å². The van der Waals surface area contributed by atoms with Crippen LogP contribution < -0.4 is 10.6 Å². The topological polar surface area (TPSA) is 95.5 Å². The van der Waals surface area contributed by atoms with Crippen molar-refractivity contribution < 1.29 is 18.3 Å². The Balaban J connectivity index is 2.06. The number of phenolic OH excluding ortho intramolecular Hbond substituents is 1. The molecule has 0 saturated carbocycles. The number of piperidine rings is 1. The molecule has 1 aromatic rings. The number of sulfone groups is 1. The predicted molar refractivity (Wildman–Crippen MR) is 80.1 cm³/mol. The number of carbonyl (C=O) groups is 1. The van der Waals surface area contributed by atoms with E-state index in [4.69, 9.17) is 0 Å². The zero-order valence-corrected chi connectivity index (χ0v) is 12.7. The third-order valence-corrected chi connectivity index (χ3v) is 4.65. The number of carbonyl (C=O) groups excluding carboxylic acids is 1. The Morgan fingerprint density at radius 3 is 2.86 bits per heavy atom. The summed E-state index contributed by atoms with van der Waals surface area (Å²) >= 11 is 0. The fourth-order valence-corrected chi connectivity index (χ4v) is 3.05. The van der Waals surface area contributed by atoms with Crippen molar-refractivity contribution in [2.45, 2.75) is 24.2 Å². The summed E-state index contributed by atoms with van der Waals surface area (Å²) in [5, 5.41) is 15.6. The summed E-state index contributed by atoms with van der Waals surface area (Å²) in [6.45, 7) is 1.79. The van der Waals surface area contributed by atoms with Crippen molar-refractivity contribution in [2.75, 3.05) is 24.7 Å². The molecule has 1 atom stereocenters. The summed E-state index contributed by atoms with van der Waals surface area (Å²) in [6.07, 6.45) is 3.48. The molecule has 1 aromatic carbocycles. The normalized spacial score (nSPS) is 19.2. The smallest absolute Gasteiger partial charge is 0.224 e. The molecule has 21 heavy (non-hydrogen) atoms. The second-order valence-electron chi connectivity index (χ2n) is 5.42. The summed E-state index contributed by atoms with van der Waals surface area (Å²) in [5.74, 6) is -0.0823. The second-order valence-corrected chi connectivity index (χ2v) is 7.43. The Labute approximate surface area is 124 Å². The van der Waals surface area contributed by atoms with E-state index < -0.39 is 9.84 Å². The van der Waals surface area contributed by atoms with Gasteiger partial charge in [0, 0.05) is 12.7 Å². The molecule has 1 fully saturated rings. The quantitative estimate of drug-likeness (QED) is 0.724. The van der Waals surface area contributed by atoms with Gasteiger partial charge in [0.15, 0.2) is 9.84 Å². The molecule has 0 bridgehead atoms. The summed E-state index contributed by atoms with van der Waals surface area (Å²) in [5.41, 5.74) is 0.131. The van der Waals surface area contributed by atoms with Gasteiger partial charge in [-0.05, 0) is 50.0 Å². The van der Waals surface area contributed by atoms with Crippen LogP contribution in [0.4, 0.5) is 5.69 Å². The van der Waals surface area contributed by atoms with Crippen molar-refractivity contribution in [1.29, 1.82) is 0 Å². The van der Waals surface area contributed by atoms with Crippen molar-refractivity contribution in [1.82, 2.24) is 5.32 Å². The molecular formula is C14H20N2O4S. The fourth-order valence-electron chi connectivity index (χ4n) is 2.41. The largest absolute Gasteiger partial charge is 0.506 e. The van der Waals surface area contributed by atoms with Gasteiger partial charge in [-0.3, -0.25) is 4.79 Å². The lowest BCUT2D eigenvalue weighted by Crippen LogP contribution is -2.32. The highest BCUT2D eigenvalue weighted by molar-refractivity contribution is 7.90. The van der Waals surface area contributed by atoms with Gasteiger partial charge in [-0.25, -0.2) is 8.42 Å². The summed E-state index contributed by atoms with van der Waals surface area (Å²) in [6, 6.07) is 3.86. The van der Waals surface area contributed by atoms with Crippen molar-refractivity contribution in [3.8, 4) is 5.75 Å². The van der Waals surface area contributed by atoms with Crippen LogP contribution >= 0.6 is 0 Å². The molecule has 2 rings (SSSR count). The Morgan fingerprint density at radius 2 is 2.24 bits per heavy atom.